The number of hydrogen-bond acceptors (Lipinski definition) is 4. The van der Waals surface area contributed by atoms with Gasteiger partial charge in [-0.1, -0.05) is 13.3 Å². The van der Waals surface area contributed by atoms with E-state index in [9.17, 15) is 9.59 Å². The van der Waals surface area contributed by atoms with Crippen molar-refractivity contribution in [2.45, 2.75) is 32.7 Å². The van der Waals surface area contributed by atoms with Crippen molar-refractivity contribution >= 4 is 23.3 Å². The molecule has 0 radical (unpaired) electrons. The van der Waals surface area contributed by atoms with E-state index in [1.54, 1.807) is 0 Å². The lowest BCUT2D eigenvalue weighted by Crippen LogP contribution is -2.39. The van der Waals surface area contributed by atoms with Crippen molar-refractivity contribution in [2.75, 3.05) is 13.1 Å². The van der Waals surface area contributed by atoms with Gasteiger partial charge < -0.3 is 15.3 Å². The largest absolute Gasteiger partial charge is 0.476 e. The van der Waals surface area contributed by atoms with Gasteiger partial charge in [-0.15, -0.1) is 11.3 Å². The molecule has 1 aliphatic heterocycles. The molecule has 7 heteroatoms. The number of carboxylic acids is 1. The topological polar surface area (TPSA) is 82.5 Å². The van der Waals surface area contributed by atoms with Crippen molar-refractivity contribution in [3.63, 3.8) is 0 Å². The molecule has 1 fully saturated rings. The van der Waals surface area contributed by atoms with Gasteiger partial charge in [-0.05, 0) is 19.3 Å². The standard InChI is InChI=1S/C13H19N3O3S/c1-3-9-4-5-16(6-9)13(19)14-8(2)11-15-10(7-20-11)12(17)18/h7-9H,3-6H2,1-2H3,(H,14,19)(H,17,18). The van der Waals surface area contributed by atoms with Crippen molar-refractivity contribution < 1.29 is 14.7 Å². The minimum Gasteiger partial charge on any atom is -0.476 e. The summed E-state index contributed by atoms with van der Waals surface area (Å²) in [5.74, 6) is -0.453. The number of hydrogen-bond donors (Lipinski definition) is 2. The second kappa shape index (κ2) is 6.21. The maximum atomic E-state index is 12.1. The van der Waals surface area contributed by atoms with E-state index in [1.807, 2.05) is 11.8 Å². The molecular weight excluding hydrogens is 278 g/mol. The summed E-state index contributed by atoms with van der Waals surface area (Å²) in [6.07, 6.45) is 2.15. The number of urea groups is 1. The molecule has 2 N–H and O–H groups in total. The predicted molar refractivity (Wildman–Crippen MR) is 76.0 cm³/mol. The third kappa shape index (κ3) is 3.27. The average Bonchev–Trinajstić information content (AvgIpc) is 3.07. The van der Waals surface area contributed by atoms with Gasteiger partial charge in [0.05, 0.1) is 6.04 Å². The zero-order valence-corrected chi connectivity index (χ0v) is 12.4. The first kappa shape index (κ1) is 14.8. The zero-order chi connectivity index (χ0) is 14.7. The molecule has 2 heterocycles. The van der Waals surface area contributed by atoms with Gasteiger partial charge in [0.25, 0.3) is 0 Å². The number of carbonyl (C=O) groups is 2. The molecule has 2 amide bonds. The van der Waals surface area contributed by atoms with Gasteiger partial charge in [-0.25, -0.2) is 14.6 Å². The van der Waals surface area contributed by atoms with Crippen molar-refractivity contribution in [2.24, 2.45) is 5.92 Å². The summed E-state index contributed by atoms with van der Waals surface area (Å²) >= 11 is 1.25. The highest BCUT2D eigenvalue weighted by atomic mass is 32.1. The lowest BCUT2D eigenvalue weighted by Gasteiger charge is -2.19. The second-order valence-corrected chi connectivity index (χ2v) is 5.95. The molecule has 1 aromatic heterocycles. The van der Waals surface area contributed by atoms with Crippen LogP contribution in [0.4, 0.5) is 4.79 Å². The molecule has 0 saturated carbocycles. The van der Waals surface area contributed by atoms with Gasteiger partial charge in [-0.2, -0.15) is 0 Å². The minimum absolute atomic E-state index is 0.0262. The molecule has 2 unspecified atom stereocenters. The van der Waals surface area contributed by atoms with E-state index in [0.29, 0.717) is 10.9 Å². The van der Waals surface area contributed by atoms with Gasteiger partial charge in [0, 0.05) is 18.5 Å². The molecule has 0 spiro atoms. The first-order chi connectivity index (χ1) is 9.51. The Morgan fingerprint density at radius 3 is 2.95 bits per heavy atom. The van der Waals surface area contributed by atoms with Crippen LogP contribution in [0.3, 0.4) is 0 Å². The van der Waals surface area contributed by atoms with Crippen LogP contribution in [0.5, 0.6) is 0 Å². The van der Waals surface area contributed by atoms with Gasteiger partial charge in [0.1, 0.15) is 5.01 Å². The maximum Gasteiger partial charge on any atom is 0.355 e. The molecular formula is C13H19N3O3S. The van der Waals surface area contributed by atoms with Crippen LogP contribution in [-0.4, -0.2) is 40.1 Å². The van der Waals surface area contributed by atoms with Crippen LogP contribution in [0.1, 0.15) is 48.2 Å². The summed E-state index contributed by atoms with van der Waals surface area (Å²) in [5, 5.41) is 13.8. The van der Waals surface area contributed by atoms with E-state index >= 15 is 0 Å². The van der Waals surface area contributed by atoms with Gasteiger partial charge >= 0.3 is 12.0 Å². The van der Waals surface area contributed by atoms with Crippen LogP contribution in [-0.2, 0) is 0 Å². The number of carbonyl (C=O) groups excluding carboxylic acids is 1. The molecule has 1 aromatic rings. The van der Waals surface area contributed by atoms with E-state index in [0.717, 1.165) is 25.9 Å². The molecule has 0 aromatic carbocycles. The highest BCUT2D eigenvalue weighted by molar-refractivity contribution is 7.09. The Morgan fingerprint density at radius 2 is 2.40 bits per heavy atom. The highest BCUT2D eigenvalue weighted by Gasteiger charge is 2.26. The monoisotopic (exact) mass is 297 g/mol. The quantitative estimate of drug-likeness (QED) is 0.893. The number of nitrogens with zero attached hydrogens (tertiary/aromatic N) is 2. The smallest absolute Gasteiger partial charge is 0.355 e. The average molecular weight is 297 g/mol. The van der Waals surface area contributed by atoms with E-state index in [2.05, 4.69) is 17.2 Å². The number of aromatic nitrogens is 1. The molecule has 110 valence electrons. The summed E-state index contributed by atoms with van der Waals surface area (Å²) in [6, 6.07) is -0.373. The Balaban J connectivity index is 1.92. The van der Waals surface area contributed by atoms with Crippen molar-refractivity contribution in [3.05, 3.63) is 16.1 Å². The van der Waals surface area contributed by atoms with E-state index in [1.165, 1.54) is 16.7 Å². The summed E-state index contributed by atoms with van der Waals surface area (Å²) in [5.41, 5.74) is 0.0262. The van der Waals surface area contributed by atoms with Crippen LogP contribution < -0.4 is 5.32 Å². The predicted octanol–water partition coefficient (Wildman–Crippen LogP) is 2.34. The molecule has 2 atom stereocenters. The minimum atomic E-state index is -1.05. The number of amides is 2. The summed E-state index contributed by atoms with van der Waals surface area (Å²) in [4.78, 5) is 28.7. The lowest BCUT2D eigenvalue weighted by molar-refractivity contribution is 0.0691. The van der Waals surface area contributed by atoms with Crippen LogP contribution in [0, 0.1) is 5.92 Å². The Morgan fingerprint density at radius 1 is 1.65 bits per heavy atom. The van der Waals surface area contributed by atoms with Crippen molar-refractivity contribution in [1.29, 1.82) is 0 Å². The summed E-state index contributed by atoms with van der Waals surface area (Å²) in [6.45, 7) is 5.54. The number of likely N-dealkylation sites (tertiary alicyclic amines) is 1. The fraction of sp³-hybridized carbons (Fsp3) is 0.615. The SMILES string of the molecule is CCC1CCN(C(=O)NC(C)c2nc(C(=O)O)cs2)C1. The molecule has 1 aliphatic rings. The van der Waals surface area contributed by atoms with E-state index in [4.69, 9.17) is 5.11 Å². The molecule has 1 saturated heterocycles. The van der Waals surface area contributed by atoms with Crippen LogP contribution in [0.2, 0.25) is 0 Å². The van der Waals surface area contributed by atoms with Crippen LogP contribution in [0.25, 0.3) is 0 Å². The van der Waals surface area contributed by atoms with Gasteiger partial charge in [0.2, 0.25) is 0 Å². The van der Waals surface area contributed by atoms with Crippen molar-refractivity contribution in [3.8, 4) is 0 Å². The summed E-state index contributed by atoms with van der Waals surface area (Å²) in [7, 11) is 0. The Labute approximate surface area is 121 Å². The lowest BCUT2D eigenvalue weighted by atomic mass is 10.1. The molecule has 0 bridgehead atoms. The number of rotatable bonds is 4. The fourth-order valence-corrected chi connectivity index (χ4v) is 3.07. The highest BCUT2D eigenvalue weighted by Crippen LogP contribution is 2.21. The number of thiazole rings is 1. The Kier molecular flexibility index (Phi) is 4.59. The molecule has 20 heavy (non-hydrogen) atoms. The Hall–Kier alpha value is -1.63. The molecule has 2 rings (SSSR count). The molecule has 0 aliphatic carbocycles. The number of carboxylic acid groups (broad SMARTS) is 1. The number of nitrogens with one attached hydrogen (secondary N) is 1. The third-order valence-electron chi connectivity index (χ3n) is 3.60. The normalized spacial score (nSPS) is 19.9. The Bertz CT molecular complexity index is 503. The molecule has 6 nitrogen and oxygen atoms in total. The zero-order valence-electron chi connectivity index (χ0n) is 11.6. The number of aromatic carboxylic acids is 1. The third-order valence-corrected chi connectivity index (χ3v) is 4.63. The van der Waals surface area contributed by atoms with Gasteiger partial charge in [-0.3, -0.25) is 0 Å². The fourth-order valence-electron chi connectivity index (χ4n) is 2.27. The summed E-state index contributed by atoms with van der Waals surface area (Å²) < 4.78 is 0. The maximum absolute atomic E-state index is 12.1. The van der Waals surface area contributed by atoms with Crippen LogP contribution >= 0.6 is 11.3 Å². The second-order valence-electron chi connectivity index (χ2n) is 5.06. The van der Waals surface area contributed by atoms with E-state index in [-0.39, 0.29) is 17.8 Å². The van der Waals surface area contributed by atoms with E-state index < -0.39 is 5.97 Å². The van der Waals surface area contributed by atoms with Crippen molar-refractivity contribution in [1.82, 2.24) is 15.2 Å². The van der Waals surface area contributed by atoms with Gasteiger partial charge in [0.15, 0.2) is 5.69 Å². The first-order valence-electron chi connectivity index (χ1n) is 6.75. The first-order valence-corrected chi connectivity index (χ1v) is 7.63. The van der Waals surface area contributed by atoms with Crippen LogP contribution in [0.15, 0.2) is 5.38 Å².